The smallest absolute Gasteiger partial charge is 0.319 e. The average Bonchev–Trinajstić information content (AvgIpc) is 1.81. The van der Waals surface area contributed by atoms with Gasteiger partial charge in [-0.1, -0.05) is 13.8 Å². The van der Waals surface area contributed by atoms with Gasteiger partial charge in [0.1, 0.15) is 0 Å². The molecular weight excluding hydrogens is 140 g/mol. The second-order valence-corrected chi connectivity index (χ2v) is 4.16. The highest BCUT2D eigenvalue weighted by Gasteiger charge is 2.32. The summed E-state index contributed by atoms with van der Waals surface area (Å²) in [7, 11) is 3.69. The molecule has 0 unspecified atom stereocenters. The molecule has 64 valence electrons. The number of carbonyl (C=O) groups excluding carboxylic acids is 1. The van der Waals surface area contributed by atoms with E-state index in [9.17, 15) is 4.79 Å². The average molecular weight is 156 g/mol. The van der Waals surface area contributed by atoms with Crippen LogP contribution in [0.4, 0.5) is 4.79 Å². The van der Waals surface area contributed by atoms with Crippen molar-refractivity contribution < 1.29 is 4.79 Å². The quantitative estimate of drug-likeness (QED) is 0.513. The molecule has 1 heterocycles. The highest BCUT2D eigenvalue weighted by Crippen LogP contribution is 2.22. The summed E-state index contributed by atoms with van der Waals surface area (Å²) >= 11 is 0. The van der Waals surface area contributed by atoms with Gasteiger partial charge in [-0.2, -0.15) is 0 Å². The standard InChI is InChI=1S/C8H16N2O/c1-8(2)5-9(3)7(11)10(4)6-8/h5-6H2,1-4H3. The Kier molecular flexibility index (Phi) is 1.82. The third-order valence-electron chi connectivity index (χ3n) is 1.98. The molecular formula is C8H16N2O. The Labute approximate surface area is 68.0 Å². The first-order valence-corrected chi connectivity index (χ1v) is 3.89. The maximum Gasteiger partial charge on any atom is 0.319 e. The van der Waals surface area contributed by atoms with Crippen molar-refractivity contribution in [2.75, 3.05) is 27.2 Å². The van der Waals surface area contributed by atoms with E-state index in [0.717, 1.165) is 13.1 Å². The summed E-state index contributed by atoms with van der Waals surface area (Å²) in [5, 5.41) is 0. The number of rotatable bonds is 0. The Morgan fingerprint density at radius 1 is 1.18 bits per heavy atom. The first-order chi connectivity index (χ1) is 4.92. The van der Waals surface area contributed by atoms with Crippen LogP contribution >= 0.6 is 0 Å². The van der Waals surface area contributed by atoms with E-state index >= 15 is 0 Å². The Hall–Kier alpha value is -0.730. The topological polar surface area (TPSA) is 23.6 Å². The molecule has 0 spiro atoms. The molecule has 1 rings (SSSR count). The number of amides is 2. The summed E-state index contributed by atoms with van der Waals surface area (Å²) in [6.07, 6.45) is 0. The molecule has 3 nitrogen and oxygen atoms in total. The molecule has 0 aromatic rings. The Morgan fingerprint density at radius 3 is 1.91 bits per heavy atom. The van der Waals surface area contributed by atoms with Crippen LogP contribution in [0.15, 0.2) is 0 Å². The van der Waals surface area contributed by atoms with Gasteiger partial charge in [-0.15, -0.1) is 0 Å². The summed E-state index contributed by atoms with van der Waals surface area (Å²) < 4.78 is 0. The van der Waals surface area contributed by atoms with Crippen LogP contribution < -0.4 is 0 Å². The molecule has 1 aliphatic heterocycles. The van der Waals surface area contributed by atoms with Crippen LogP contribution in [0, 0.1) is 5.41 Å². The zero-order valence-electron chi connectivity index (χ0n) is 7.72. The fourth-order valence-electron chi connectivity index (χ4n) is 1.76. The molecule has 3 heteroatoms. The highest BCUT2D eigenvalue weighted by atomic mass is 16.2. The Morgan fingerprint density at radius 2 is 1.55 bits per heavy atom. The summed E-state index contributed by atoms with van der Waals surface area (Å²) in [6.45, 7) is 6.06. The first-order valence-electron chi connectivity index (χ1n) is 3.89. The van der Waals surface area contributed by atoms with Crippen molar-refractivity contribution in [2.24, 2.45) is 5.41 Å². The lowest BCUT2D eigenvalue weighted by Crippen LogP contribution is -2.53. The predicted molar refractivity (Wildman–Crippen MR) is 44.4 cm³/mol. The SMILES string of the molecule is CN1CC(C)(C)CN(C)C1=O. The zero-order valence-corrected chi connectivity index (χ0v) is 7.72. The molecule has 0 aliphatic carbocycles. The second-order valence-electron chi connectivity index (χ2n) is 4.16. The maximum absolute atomic E-state index is 11.3. The van der Waals surface area contributed by atoms with Crippen molar-refractivity contribution in [3.8, 4) is 0 Å². The third kappa shape index (κ3) is 1.64. The van der Waals surface area contributed by atoms with Gasteiger partial charge in [0.05, 0.1) is 0 Å². The first kappa shape index (κ1) is 8.37. The molecule has 0 bridgehead atoms. The molecule has 1 saturated heterocycles. The van der Waals surface area contributed by atoms with E-state index in [2.05, 4.69) is 13.8 Å². The van der Waals surface area contributed by atoms with Crippen LogP contribution in [0.1, 0.15) is 13.8 Å². The van der Waals surface area contributed by atoms with E-state index < -0.39 is 0 Å². The number of carbonyl (C=O) groups is 1. The number of hydrogen-bond donors (Lipinski definition) is 0. The summed E-state index contributed by atoms with van der Waals surface area (Å²) in [5.41, 5.74) is 0.234. The maximum atomic E-state index is 11.3. The van der Waals surface area contributed by atoms with Crippen LogP contribution in [0.3, 0.4) is 0 Å². The van der Waals surface area contributed by atoms with E-state index in [1.807, 2.05) is 14.1 Å². The normalized spacial score (nSPS) is 24.2. The minimum Gasteiger partial charge on any atom is -0.327 e. The molecule has 0 atom stereocenters. The van der Waals surface area contributed by atoms with Gasteiger partial charge in [-0.05, 0) is 0 Å². The van der Waals surface area contributed by atoms with Gasteiger partial charge in [0.2, 0.25) is 0 Å². The van der Waals surface area contributed by atoms with Crippen molar-refractivity contribution in [1.82, 2.24) is 9.80 Å². The van der Waals surface area contributed by atoms with Gasteiger partial charge in [-0.25, -0.2) is 4.79 Å². The van der Waals surface area contributed by atoms with Gasteiger partial charge in [0, 0.05) is 32.6 Å². The summed E-state index contributed by atoms with van der Waals surface area (Å²) in [6, 6.07) is 0.129. The van der Waals surface area contributed by atoms with Crippen LogP contribution in [-0.4, -0.2) is 43.0 Å². The van der Waals surface area contributed by atoms with E-state index in [0.29, 0.717) is 0 Å². The Bertz CT molecular complexity index is 161. The molecule has 11 heavy (non-hydrogen) atoms. The fraction of sp³-hybridized carbons (Fsp3) is 0.875. The number of urea groups is 1. The highest BCUT2D eigenvalue weighted by molar-refractivity contribution is 5.74. The van der Waals surface area contributed by atoms with Crippen molar-refractivity contribution in [1.29, 1.82) is 0 Å². The van der Waals surface area contributed by atoms with E-state index in [1.54, 1.807) is 9.80 Å². The third-order valence-corrected chi connectivity index (χ3v) is 1.98. The minimum atomic E-state index is 0.129. The fourth-order valence-corrected chi connectivity index (χ4v) is 1.76. The van der Waals surface area contributed by atoms with E-state index in [-0.39, 0.29) is 11.4 Å². The van der Waals surface area contributed by atoms with Crippen LogP contribution in [0.25, 0.3) is 0 Å². The van der Waals surface area contributed by atoms with Crippen LogP contribution in [-0.2, 0) is 0 Å². The van der Waals surface area contributed by atoms with Crippen molar-refractivity contribution >= 4 is 6.03 Å². The number of hydrogen-bond acceptors (Lipinski definition) is 1. The summed E-state index contributed by atoms with van der Waals surface area (Å²) in [5.74, 6) is 0. The lowest BCUT2D eigenvalue weighted by Gasteiger charge is -2.41. The van der Waals surface area contributed by atoms with E-state index in [4.69, 9.17) is 0 Å². The lowest BCUT2D eigenvalue weighted by atomic mass is 9.91. The van der Waals surface area contributed by atoms with Crippen LogP contribution in [0.2, 0.25) is 0 Å². The minimum absolute atomic E-state index is 0.129. The summed E-state index contributed by atoms with van der Waals surface area (Å²) in [4.78, 5) is 14.8. The molecule has 0 radical (unpaired) electrons. The van der Waals surface area contributed by atoms with Crippen molar-refractivity contribution in [3.05, 3.63) is 0 Å². The molecule has 0 saturated carbocycles. The molecule has 0 N–H and O–H groups in total. The van der Waals surface area contributed by atoms with Crippen molar-refractivity contribution in [2.45, 2.75) is 13.8 Å². The predicted octanol–water partition coefficient (Wildman–Crippen LogP) is 1.01. The molecule has 1 aliphatic rings. The molecule has 0 aromatic heterocycles. The molecule has 0 aromatic carbocycles. The van der Waals surface area contributed by atoms with Crippen LogP contribution in [0.5, 0.6) is 0 Å². The van der Waals surface area contributed by atoms with Gasteiger partial charge in [-0.3, -0.25) is 0 Å². The van der Waals surface area contributed by atoms with Crippen molar-refractivity contribution in [3.63, 3.8) is 0 Å². The largest absolute Gasteiger partial charge is 0.327 e. The lowest BCUT2D eigenvalue weighted by molar-refractivity contribution is 0.0942. The second kappa shape index (κ2) is 2.40. The van der Waals surface area contributed by atoms with Gasteiger partial charge >= 0.3 is 6.03 Å². The van der Waals surface area contributed by atoms with Gasteiger partial charge in [0.25, 0.3) is 0 Å². The molecule has 2 amide bonds. The Balaban J connectivity index is 2.70. The van der Waals surface area contributed by atoms with Gasteiger partial charge < -0.3 is 9.80 Å². The monoisotopic (exact) mass is 156 g/mol. The zero-order chi connectivity index (χ0) is 8.65. The number of nitrogens with zero attached hydrogens (tertiary/aromatic N) is 2. The van der Waals surface area contributed by atoms with Gasteiger partial charge in [0.15, 0.2) is 0 Å². The van der Waals surface area contributed by atoms with E-state index in [1.165, 1.54) is 0 Å². The molecule has 1 fully saturated rings.